The summed E-state index contributed by atoms with van der Waals surface area (Å²) >= 11 is 11.1. The summed E-state index contributed by atoms with van der Waals surface area (Å²) in [4.78, 5) is 3.61. The summed E-state index contributed by atoms with van der Waals surface area (Å²) in [6.45, 7) is 0. The topological polar surface area (TPSA) is 38.9 Å². The maximum absolute atomic E-state index is 12.1. The Morgan fingerprint density at radius 3 is 2.13 bits per heavy atom. The average molecular weight is 259 g/mol. The van der Waals surface area contributed by atoms with Gasteiger partial charge in [-0.3, -0.25) is 0 Å². The number of alkyl halides is 3. The Kier molecular flexibility index (Phi) is 3.81. The third-order valence-corrected chi connectivity index (χ3v) is 2.09. The van der Waals surface area contributed by atoms with E-state index in [9.17, 15) is 13.2 Å². The van der Waals surface area contributed by atoms with E-state index in [0.29, 0.717) is 5.56 Å². The minimum absolute atomic E-state index is 0.0480. The molecule has 0 aliphatic heterocycles. The van der Waals surface area contributed by atoms with Crippen LogP contribution in [0.15, 0.2) is 12.1 Å². The molecule has 0 amide bonds. The molecule has 15 heavy (non-hydrogen) atoms. The molecule has 7 heteroatoms. The van der Waals surface area contributed by atoms with Crippen molar-refractivity contribution in [1.29, 1.82) is 0 Å². The van der Waals surface area contributed by atoms with Crippen LogP contribution in [-0.4, -0.2) is 17.2 Å². The first kappa shape index (κ1) is 12.5. The fourth-order valence-corrected chi connectivity index (χ4v) is 1.51. The average Bonchev–Trinajstić information content (AvgIpc) is 1.99. The lowest BCUT2D eigenvalue weighted by Crippen LogP contribution is -2.39. The molecule has 0 aromatic carbocycles. The van der Waals surface area contributed by atoms with Gasteiger partial charge in [0, 0.05) is 0 Å². The third kappa shape index (κ3) is 3.85. The summed E-state index contributed by atoms with van der Waals surface area (Å²) in [5, 5.41) is 0.0961. The number of hydrogen-bond acceptors (Lipinski definition) is 2. The highest BCUT2D eigenvalue weighted by atomic mass is 35.5. The van der Waals surface area contributed by atoms with Crippen molar-refractivity contribution in [3.05, 3.63) is 28.0 Å². The number of nitrogens with zero attached hydrogens (tertiary/aromatic N) is 1. The first-order valence-corrected chi connectivity index (χ1v) is 4.69. The summed E-state index contributed by atoms with van der Waals surface area (Å²) in [6.07, 6.45) is -4.80. The minimum atomic E-state index is -4.43. The SMILES string of the molecule is NC(Cc1cc(Cl)nc(Cl)c1)C(F)(F)F. The molecular formula is C8H7Cl2F3N2. The van der Waals surface area contributed by atoms with Crippen molar-refractivity contribution in [3.63, 3.8) is 0 Å². The molecule has 1 aromatic rings. The largest absolute Gasteiger partial charge is 0.403 e. The number of halogens is 5. The molecule has 0 radical (unpaired) electrons. The smallest absolute Gasteiger partial charge is 0.320 e. The van der Waals surface area contributed by atoms with E-state index in [4.69, 9.17) is 28.9 Å². The van der Waals surface area contributed by atoms with Gasteiger partial charge in [-0.25, -0.2) is 4.98 Å². The van der Waals surface area contributed by atoms with Crippen LogP contribution in [0.5, 0.6) is 0 Å². The Morgan fingerprint density at radius 1 is 1.27 bits per heavy atom. The van der Waals surface area contributed by atoms with Crippen molar-refractivity contribution in [1.82, 2.24) is 4.98 Å². The first-order chi connectivity index (χ1) is 6.79. The highest BCUT2D eigenvalue weighted by Crippen LogP contribution is 2.23. The third-order valence-electron chi connectivity index (χ3n) is 1.70. The molecule has 0 saturated carbocycles. The van der Waals surface area contributed by atoms with Gasteiger partial charge in [0.1, 0.15) is 16.3 Å². The van der Waals surface area contributed by atoms with Crippen molar-refractivity contribution in [2.45, 2.75) is 18.6 Å². The van der Waals surface area contributed by atoms with E-state index in [2.05, 4.69) is 4.98 Å². The van der Waals surface area contributed by atoms with Gasteiger partial charge in [0.25, 0.3) is 0 Å². The second-order valence-corrected chi connectivity index (χ2v) is 3.75. The summed E-state index contributed by atoms with van der Waals surface area (Å²) in [5.41, 5.74) is 5.26. The Labute approximate surface area is 94.2 Å². The maximum atomic E-state index is 12.1. The normalized spacial score (nSPS) is 14.0. The fraction of sp³-hybridized carbons (Fsp3) is 0.375. The highest BCUT2D eigenvalue weighted by molar-refractivity contribution is 6.32. The van der Waals surface area contributed by atoms with E-state index in [0.717, 1.165) is 0 Å². The Bertz CT molecular complexity index is 334. The van der Waals surface area contributed by atoms with Gasteiger partial charge in [-0.2, -0.15) is 13.2 Å². The van der Waals surface area contributed by atoms with E-state index < -0.39 is 12.2 Å². The van der Waals surface area contributed by atoms with Crippen molar-refractivity contribution in [3.8, 4) is 0 Å². The monoisotopic (exact) mass is 258 g/mol. The zero-order chi connectivity index (χ0) is 11.6. The number of aromatic nitrogens is 1. The van der Waals surface area contributed by atoms with Gasteiger partial charge < -0.3 is 5.73 Å². The number of pyridine rings is 1. The fourth-order valence-electron chi connectivity index (χ4n) is 1.00. The molecule has 0 spiro atoms. The molecule has 2 N–H and O–H groups in total. The van der Waals surface area contributed by atoms with Crippen LogP contribution in [0.3, 0.4) is 0 Å². The molecule has 1 aromatic heterocycles. The summed E-state index contributed by atoms with van der Waals surface area (Å²) in [5.74, 6) is 0. The van der Waals surface area contributed by atoms with E-state index in [-0.39, 0.29) is 16.7 Å². The molecule has 0 saturated heterocycles. The zero-order valence-electron chi connectivity index (χ0n) is 7.35. The van der Waals surface area contributed by atoms with Crippen molar-refractivity contribution < 1.29 is 13.2 Å². The Morgan fingerprint density at radius 2 is 1.73 bits per heavy atom. The molecule has 1 unspecified atom stereocenters. The summed E-state index contributed by atoms with van der Waals surface area (Å²) < 4.78 is 36.4. The molecule has 0 fully saturated rings. The van der Waals surface area contributed by atoms with Gasteiger partial charge in [0.05, 0.1) is 0 Å². The molecule has 1 atom stereocenters. The molecular weight excluding hydrogens is 252 g/mol. The quantitative estimate of drug-likeness (QED) is 0.829. The lowest BCUT2D eigenvalue weighted by molar-refractivity contribution is -0.147. The second kappa shape index (κ2) is 4.55. The number of hydrogen-bond donors (Lipinski definition) is 1. The van der Waals surface area contributed by atoms with Crippen LogP contribution >= 0.6 is 23.2 Å². The van der Waals surface area contributed by atoms with Crippen LogP contribution in [0.1, 0.15) is 5.56 Å². The standard InChI is InChI=1S/C8H7Cl2F3N2/c9-6-2-4(3-7(10)15-6)1-5(14)8(11,12)13/h2-3,5H,1,14H2. The molecule has 0 aliphatic rings. The molecule has 0 bridgehead atoms. The van der Waals surface area contributed by atoms with E-state index >= 15 is 0 Å². The zero-order valence-corrected chi connectivity index (χ0v) is 8.87. The van der Waals surface area contributed by atoms with Crippen molar-refractivity contribution in [2.24, 2.45) is 5.73 Å². The molecule has 0 aliphatic carbocycles. The minimum Gasteiger partial charge on any atom is -0.320 e. The van der Waals surface area contributed by atoms with E-state index in [1.54, 1.807) is 0 Å². The number of rotatable bonds is 2. The van der Waals surface area contributed by atoms with Crippen molar-refractivity contribution >= 4 is 23.2 Å². The maximum Gasteiger partial charge on any atom is 0.403 e. The second-order valence-electron chi connectivity index (χ2n) is 2.97. The molecule has 2 nitrogen and oxygen atoms in total. The van der Waals surface area contributed by atoms with Crippen LogP contribution in [0.4, 0.5) is 13.2 Å². The molecule has 84 valence electrons. The van der Waals surface area contributed by atoms with Crippen LogP contribution in [0, 0.1) is 0 Å². The molecule has 1 rings (SSSR count). The lowest BCUT2D eigenvalue weighted by Gasteiger charge is -2.15. The molecule has 1 heterocycles. The Balaban J connectivity index is 2.81. The number of nitrogens with two attached hydrogens (primary N) is 1. The summed E-state index contributed by atoms with van der Waals surface area (Å²) in [7, 11) is 0. The highest BCUT2D eigenvalue weighted by Gasteiger charge is 2.36. The van der Waals surface area contributed by atoms with Gasteiger partial charge in [-0.1, -0.05) is 23.2 Å². The van der Waals surface area contributed by atoms with E-state index in [1.165, 1.54) is 12.1 Å². The predicted molar refractivity (Wildman–Crippen MR) is 52.0 cm³/mol. The van der Waals surface area contributed by atoms with Gasteiger partial charge in [0.2, 0.25) is 0 Å². The van der Waals surface area contributed by atoms with E-state index in [1.807, 2.05) is 0 Å². The van der Waals surface area contributed by atoms with Gasteiger partial charge in [-0.15, -0.1) is 0 Å². The lowest BCUT2D eigenvalue weighted by atomic mass is 10.1. The summed E-state index contributed by atoms with van der Waals surface area (Å²) in [6, 6.07) is 0.685. The Hall–Kier alpha value is -0.520. The first-order valence-electron chi connectivity index (χ1n) is 3.93. The van der Waals surface area contributed by atoms with Crippen LogP contribution in [0.2, 0.25) is 10.3 Å². The van der Waals surface area contributed by atoms with Gasteiger partial charge >= 0.3 is 6.18 Å². The van der Waals surface area contributed by atoms with Crippen LogP contribution in [-0.2, 0) is 6.42 Å². The van der Waals surface area contributed by atoms with Crippen molar-refractivity contribution in [2.75, 3.05) is 0 Å². The van der Waals surface area contributed by atoms with Gasteiger partial charge in [-0.05, 0) is 24.1 Å². The van der Waals surface area contributed by atoms with Gasteiger partial charge in [0.15, 0.2) is 0 Å². The van der Waals surface area contributed by atoms with Crippen LogP contribution in [0.25, 0.3) is 0 Å². The predicted octanol–water partition coefficient (Wildman–Crippen LogP) is 2.82. The van der Waals surface area contributed by atoms with Crippen LogP contribution < -0.4 is 5.73 Å².